The number of benzene rings is 2. The van der Waals surface area contributed by atoms with E-state index in [0.29, 0.717) is 23.7 Å². The summed E-state index contributed by atoms with van der Waals surface area (Å²) in [6, 6.07) is 12.3. The zero-order chi connectivity index (χ0) is 22.4. The highest BCUT2D eigenvalue weighted by atomic mass is 16.5. The summed E-state index contributed by atoms with van der Waals surface area (Å²) in [7, 11) is 3.26. The number of methoxy groups -OCH3 is 2. The summed E-state index contributed by atoms with van der Waals surface area (Å²) < 4.78 is 18.9. The van der Waals surface area contributed by atoms with Gasteiger partial charge in [0.05, 0.1) is 32.1 Å². The molecular formula is C26H26N2O4. The van der Waals surface area contributed by atoms with E-state index < -0.39 is 0 Å². The number of ether oxygens (including phenoxy) is 3. The van der Waals surface area contributed by atoms with Crippen LogP contribution in [0.3, 0.4) is 0 Å². The first-order chi connectivity index (χ1) is 15.6. The van der Waals surface area contributed by atoms with E-state index in [1.54, 1.807) is 14.2 Å². The number of rotatable bonds is 5. The molecule has 0 saturated carbocycles. The second kappa shape index (κ2) is 7.79. The van der Waals surface area contributed by atoms with Crippen LogP contribution in [0.2, 0.25) is 0 Å². The minimum atomic E-state index is -0.312. The summed E-state index contributed by atoms with van der Waals surface area (Å²) in [5.74, 6) is 1.02. The van der Waals surface area contributed by atoms with Crippen LogP contribution in [0.25, 0.3) is 33.3 Å². The fourth-order valence-corrected chi connectivity index (χ4v) is 4.84. The Hall–Kier alpha value is -3.67. The summed E-state index contributed by atoms with van der Waals surface area (Å²) in [6.07, 6.45) is 2.77. The van der Waals surface area contributed by atoms with Crippen LogP contribution in [-0.4, -0.2) is 36.3 Å². The molecule has 164 valence electrons. The molecule has 3 heterocycles. The quantitative estimate of drug-likeness (QED) is 0.433. The Morgan fingerprint density at radius 2 is 1.88 bits per heavy atom. The number of esters is 1. The van der Waals surface area contributed by atoms with Gasteiger partial charge < -0.3 is 23.8 Å². The third kappa shape index (κ3) is 2.98. The monoisotopic (exact) mass is 430 g/mol. The van der Waals surface area contributed by atoms with Gasteiger partial charge in [0, 0.05) is 35.1 Å². The van der Waals surface area contributed by atoms with E-state index in [1.807, 2.05) is 31.3 Å². The van der Waals surface area contributed by atoms with E-state index in [-0.39, 0.29) is 5.97 Å². The molecule has 6 nitrogen and oxygen atoms in total. The molecule has 0 radical (unpaired) electrons. The third-order valence-corrected chi connectivity index (χ3v) is 6.32. The van der Waals surface area contributed by atoms with Crippen molar-refractivity contribution >= 4 is 16.9 Å². The van der Waals surface area contributed by atoms with E-state index in [4.69, 9.17) is 14.2 Å². The predicted octanol–water partition coefficient (Wildman–Crippen LogP) is 5.36. The molecule has 4 aromatic rings. The van der Waals surface area contributed by atoms with Gasteiger partial charge in [0.1, 0.15) is 0 Å². The van der Waals surface area contributed by atoms with Crippen LogP contribution in [0.5, 0.6) is 11.5 Å². The molecule has 0 atom stereocenters. The van der Waals surface area contributed by atoms with Crippen molar-refractivity contribution in [1.82, 2.24) is 9.55 Å². The highest BCUT2D eigenvalue weighted by Gasteiger charge is 2.32. The molecule has 5 rings (SSSR count). The fraction of sp³-hybridized carbons (Fsp3) is 0.269. The number of aromatic nitrogens is 2. The highest BCUT2D eigenvalue weighted by Crippen LogP contribution is 2.45. The lowest BCUT2D eigenvalue weighted by Gasteiger charge is -2.23. The number of fused-ring (bicyclic) bond motifs is 4. The molecule has 1 aliphatic heterocycles. The summed E-state index contributed by atoms with van der Waals surface area (Å²) in [5.41, 5.74) is 7.58. The molecule has 2 aromatic heterocycles. The molecular weight excluding hydrogens is 404 g/mol. The van der Waals surface area contributed by atoms with Gasteiger partial charge in [-0.15, -0.1) is 0 Å². The van der Waals surface area contributed by atoms with Gasteiger partial charge in [-0.05, 0) is 61.0 Å². The molecule has 0 saturated heterocycles. The molecule has 0 aliphatic carbocycles. The summed E-state index contributed by atoms with van der Waals surface area (Å²) in [4.78, 5) is 16.6. The van der Waals surface area contributed by atoms with Crippen molar-refractivity contribution < 1.29 is 19.0 Å². The Morgan fingerprint density at radius 3 is 2.62 bits per heavy atom. The van der Waals surface area contributed by atoms with Gasteiger partial charge in [0.15, 0.2) is 11.5 Å². The molecule has 0 spiro atoms. The molecule has 2 aromatic carbocycles. The minimum absolute atomic E-state index is 0.312. The van der Waals surface area contributed by atoms with E-state index in [0.717, 1.165) is 57.5 Å². The average molecular weight is 431 g/mol. The first kappa shape index (κ1) is 20.2. The van der Waals surface area contributed by atoms with Gasteiger partial charge >= 0.3 is 5.97 Å². The number of H-pyrrole nitrogens is 1. The predicted molar refractivity (Wildman–Crippen MR) is 125 cm³/mol. The molecule has 32 heavy (non-hydrogen) atoms. The van der Waals surface area contributed by atoms with Crippen molar-refractivity contribution in [3.63, 3.8) is 0 Å². The summed E-state index contributed by atoms with van der Waals surface area (Å²) in [6.45, 7) is 5.00. The van der Waals surface area contributed by atoms with Crippen LogP contribution in [-0.2, 0) is 17.7 Å². The van der Waals surface area contributed by atoms with Gasteiger partial charge in [-0.25, -0.2) is 4.79 Å². The Bertz CT molecular complexity index is 1350. The SMILES string of the molecule is CCOC(=O)c1c(-c2ccc3cc[nH]c3c2)c(C)n2c1-c1cc(OC)c(OC)cc1CC2. The standard InChI is InChI=1S/C26H26N2O4/c1-5-32-26(29)24-23(18-7-6-16-8-10-27-20(16)12-18)15(2)28-11-9-17-13-21(30-3)22(31-4)14-19(17)25(24)28/h6-8,10,12-14,27H,5,9,11H2,1-4H3. The van der Waals surface area contributed by atoms with Crippen molar-refractivity contribution in [1.29, 1.82) is 0 Å². The second-order valence-corrected chi connectivity index (χ2v) is 7.95. The van der Waals surface area contributed by atoms with E-state index in [1.165, 1.54) is 0 Å². The fourth-order valence-electron chi connectivity index (χ4n) is 4.84. The van der Waals surface area contributed by atoms with E-state index >= 15 is 0 Å². The lowest BCUT2D eigenvalue weighted by Crippen LogP contribution is -2.15. The Kier molecular flexibility index (Phi) is 4.93. The minimum Gasteiger partial charge on any atom is -0.493 e. The average Bonchev–Trinajstić information content (AvgIpc) is 3.40. The van der Waals surface area contributed by atoms with Crippen LogP contribution in [0.15, 0.2) is 42.6 Å². The zero-order valence-electron chi connectivity index (χ0n) is 18.7. The van der Waals surface area contributed by atoms with Crippen molar-refractivity contribution in [2.75, 3.05) is 20.8 Å². The summed E-state index contributed by atoms with van der Waals surface area (Å²) >= 11 is 0. The maximum atomic E-state index is 13.3. The van der Waals surface area contributed by atoms with Crippen LogP contribution >= 0.6 is 0 Å². The topological polar surface area (TPSA) is 65.5 Å². The molecule has 6 heteroatoms. The molecule has 1 N–H and O–H groups in total. The number of aromatic amines is 1. The number of aryl methyl sites for hydroxylation is 1. The van der Waals surface area contributed by atoms with Gasteiger partial charge in [-0.2, -0.15) is 0 Å². The lowest BCUT2D eigenvalue weighted by atomic mass is 9.93. The van der Waals surface area contributed by atoms with E-state index in [2.05, 4.69) is 34.7 Å². The largest absolute Gasteiger partial charge is 0.493 e. The number of carbonyl (C=O) groups is 1. The highest BCUT2D eigenvalue weighted by molar-refractivity contribution is 6.06. The molecule has 0 fully saturated rings. The number of hydrogen-bond donors (Lipinski definition) is 1. The van der Waals surface area contributed by atoms with Gasteiger partial charge in [-0.3, -0.25) is 0 Å². The number of hydrogen-bond acceptors (Lipinski definition) is 4. The molecule has 1 aliphatic rings. The number of nitrogens with zero attached hydrogens (tertiary/aromatic N) is 1. The maximum absolute atomic E-state index is 13.3. The van der Waals surface area contributed by atoms with Crippen LogP contribution in [0, 0.1) is 6.92 Å². The number of nitrogens with one attached hydrogen (secondary N) is 1. The Balaban J connectivity index is 1.81. The van der Waals surface area contributed by atoms with E-state index in [9.17, 15) is 4.79 Å². The normalized spacial score (nSPS) is 12.4. The van der Waals surface area contributed by atoms with Crippen LogP contribution < -0.4 is 9.47 Å². The number of carbonyl (C=O) groups excluding carboxylic acids is 1. The second-order valence-electron chi connectivity index (χ2n) is 7.95. The molecule has 0 unspecified atom stereocenters. The third-order valence-electron chi connectivity index (χ3n) is 6.32. The van der Waals surface area contributed by atoms with Gasteiger partial charge in [0.25, 0.3) is 0 Å². The van der Waals surface area contributed by atoms with Gasteiger partial charge in [-0.1, -0.05) is 12.1 Å². The first-order valence-corrected chi connectivity index (χ1v) is 10.8. The Labute approximate surface area is 186 Å². The van der Waals surface area contributed by atoms with Crippen LogP contribution in [0.1, 0.15) is 28.5 Å². The molecule has 0 bridgehead atoms. The smallest absolute Gasteiger partial charge is 0.340 e. The van der Waals surface area contributed by atoms with Crippen molar-refractivity contribution in [3.05, 3.63) is 59.4 Å². The van der Waals surface area contributed by atoms with Crippen molar-refractivity contribution in [2.24, 2.45) is 0 Å². The zero-order valence-corrected chi connectivity index (χ0v) is 18.7. The maximum Gasteiger partial charge on any atom is 0.340 e. The summed E-state index contributed by atoms with van der Waals surface area (Å²) in [5, 5.41) is 1.13. The van der Waals surface area contributed by atoms with Gasteiger partial charge in [0.2, 0.25) is 0 Å². The van der Waals surface area contributed by atoms with Crippen molar-refractivity contribution in [3.8, 4) is 33.9 Å². The van der Waals surface area contributed by atoms with Crippen LogP contribution in [0.4, 0.5) is 0 Å². The Morgan fingerprint density at radius 1 is 1.09 bits per heavy atom. The lowest BCUT2D eigenvalue weighted by molar-refractivity contribution is 0.0528. The molecule has 0 amide bonds. The first-order valence-electron chi connectivity index (χ1n) is 10.8. The van der Waals surface area contributed by atoms with Crippen molar-refractivity contribution in [2.45, 2.75) is 26.8 Å².